The van der Waals surface area contributed by atoms with Gasteiger partial charge in [-0.2, -0.15) is 0 Å². The second-order valence-corrected chi connectivity index (χ2v) is 5.79. The van der Waals surface area contributed by atoms with Gasteiger partial charge in [0.05, 0.1) is 25.9 Å². The molecule has 1 amide bonds. The van der Waals surface area contributed by atoms with Crippen LogP contribution in [0.2, 0.25) is 0 Å². The molecular formula is C17H26N2O3. The topological polar surface area (TPSA) is 61.8 Å². The summed E-state index contributed by atoms with van der Waals surface area (Å²) in [5, 5.41) is 13.6. The van der Waals surface area contributed by atoms with E-state index >= 15 is 0 Å². The fourth-order valence-corrected chi connectivity index (χ4v) is 2.60. The molecule has 1 aromatic carbocycles. The van der Waals surface area contributed by atoms with E-state index in [1.165, 1.54) is 0 Å². The Kier molecular flexibility index (Phi) is 6.36. The zero-order valence-corrected chi connectivity index (χ0v) is 13.4. The number of carbonyl (C=O) groups excluding carboxylic acids is 1. The van der Waals surface area contributed by atoms with Gasteiger partial charge in [-0.25, -0.2) is 0 Å². The number of amides is 1. The monoisotopic (exact) mass is 306 g/mol. The lowest BCUT2D eigenvalue weighted by molar-refractivity contribution is -0.133. The lowest BCUT2D eigenvalue weighted by atomic mass is 10.1. The fraction of sp³-hybridized carbons (Fsp3) is 0.588. The summed E-state index contributed by atoms with van der Waals surface area (Å²) >= 11 is 0. The van der Waals surface area contributed by atoms with Crippen LogP contribution in [0.1, 0.15) is 30.6 Å². The summed E-state index contributed by atoms with van der Waals surface area (Å²) in [6, 6.07) is 7.84. The van der Waals surface area contributed by atoms with Crippen molar-refractivity contribution >= 4 is 5.91 Å². The minimum atomic E-state index is -0.653. The van der Waals surface area contributed by atoms with Gasteiger partial charge in [0.15, 0.2) is 0 Å². The van der Waals surface area contributed by atoms with Crippen LogP contribution in [-0.4, -0.2) is 54.8 Å². The first-order valence-electron chi connectivity index (χ1n) is 7.93. The SMILES string of the molecule is CCN(CC(O)c1ccc(C)cc1)C(=O)CC1COCCN1. The summed E-state index contributed by atoms with van der Waals surface area (Å²) in [7, 11) is 0. The zero-order valence-electron chi connectivity index (χ0n) is 13.4. The highest BCUT2D eigenvalue weighted by Gasteiger charge is 2.22. The minimum absolute atomic E-state index is 0.0525. The van der Waals surface area contributed by atoms with E-state index in [9.17, 15) is 9.90 Å². The maximum absolute atomic E-state index is 12.4. The predicted octanol–water partition coefficient (Wildman–Crippen LogP) is 1.26. The molecule has 2 unspecified atom stereocenters. The highest BCUT2D eigenvalue weighted by atomic mass is 16.5. The normalized spacial score (nSPS) is 19.7. The van der Waals surface area contributed by atoms with Gasteiger partial charge in [-0.1, -0.05) is 29.8 Å². The first-order valence-corrected chi connectivity index (χ1v) is 7.93. The van der Waals surface area contributed by atoms with Gasteiger partial charge in [-0.15, -0.1) is 0 Å². The number of aliphatic hydroxyl groups excluding tert-OH is 1. The number of rotatable bonds is 6. The Morgan fingerprint density at radius 2 is 2.18 bits per heavy atom. The van der Waals surface area contributed by atoms with Crippen LogP contribution in [0.15, 0.2) is 24.3 Å². The average molecular weight is 306 g/mol. The molecule has 122 valence electrons. The third kappa shape index (κ3) is 4.80. The van der Waals surface area contributed by atoms with Crippen LogP contribution in [0.5, 0.6) is 0 Å². The second kappa shape index (κ2) is 8.27. The smallest absolute Gasteiger partial charge is 0.224 e. The largest absolute Gasteiger partial charge is 0.387 e. The van der Waals surface area contributed by atoms with E-state index in [0.29, 0.717) is 32.7 Å². The van der Waals surface area contributed by atoms with Crippen molar-refractivity contribution in [2.75, 3.05) is 32.8 Å². The van der Waals surface area contributed by atoms with Crippen molar-refractivity contribution in [2.24, 2.45) is 0 Å². The lowest BCUT2D eigenvalue weighted by Gasteiger charge is -2.28. The molecular weight excluding hydrogens is 280 g/mol. The molecule has 0 aromatic heterocycles. The molecule has 0 aliphatic carbocycles. The summed E-state index contributed by atoms with van der Waals surface area (Å²) in [6.07, 6.45) is -0.242. The fourth-order valence-electron chi connectivity index (χ4n) is 2.60. The molecule has 22 heavy (non-hydrogen) atoms. The first-order chi connectivity index (χ1) is 10.6. The van der Waals surface area contributed by atoms with E-state index in [4.69, 9.17) is 4.74 Å². The molecule has 0 bridgehead atoms. The molecule has 5 nitrogen and oxygen atoms in total. The van der Waals surface area contributed by atoms with E-state index < -0.39 is 6.10 Å². The number of nitrogens with one attached hydrogen (secondary N) is 1. The molecule has 1 aromatic rings. The van der Waals surface area contributed by atoms with E-state index in [2.05, 4.69) is 5.32 Å². The second-order valence-electron chi connectivity index (χ2n) is 5.79. The molecule has 1 aliphatic heterocycles. The number of likely N-dealkylation sites (N-methyl/N-ethyl adjacent to an activating group) is 1. The Hall–Kier alpha value is -1.43. The molecule has 1 aliphatic rings. The van der Waals surface area contributed by atoms with Gasteiger partial charge in [0.25, 0.3) is 0 Å². The van der Waals surface area contributed by atoms with Gasteiger partial charge in [0.2, 0.25) is 5.91 Å². The molecule has 5 heteroatoms. The van der Waals surface area contributed by atoms with Crippen molar-refractivity contribution < 1.29 is 14.6 Å². The molecule has 1 heterocycles. The molecule has 2 rings (SSSR count). The van der Waals surface area contributed by atoms with Crippen molar-refractivity contribution in [1.82, 2.24) is 10.2 Å². The van der Waals surface area contributed by atoms with Crippen LogP contribution in [0.25, 0.3) is 0 Å². The highest BCUT2D eigenvalue weighted by Crippen LogP contribution is 2.16. The number of benzene rings is 1. The van der Waals surface area contributed by atoms with Gasteiger partial charge in [-0.05, 0) is 19.4 Å². The minimum Gasteiger partial charge on any atom is -0.387 e. The van der Waals surface area contributed by atoms with Crippen molar-refractivity contribution in [2.45, 2.75) is 32.4 Å². The first kappa shape index (κ1) is 16.9. The van der Waals surface area contributed by atoms with Gasteiger partial charge in [0.1, 0.15) is 0 Å². The average Bonchev–Trinajstić information content (AvgIpc) is 2.53. The number of nitrogens with zero attached hydrogens (tertiary/aromatic N) is 1. The Morgan fingerprint density at radius 1 is 1.45 bits per heavy atom. The molecule has 0 saturated carbocycles. The standard InChI is InChI=1S/C17H26N2O3/c1-3-19(17(21)10-15-12-22-9-8-18-15)11-16(20)14-6-4-13(2)5-7-14/h4-7,15-16,18,20H,3,8-12H2,1-2H3. The van der Waals surface area contributed by atoms with Crippen LogP contribution in [-0.2, 0) is 9.53 Å². The number of morpholine rings is 1. The van der Waals surface area contributed by atoms with Gasteiger partial charge >= 0.3 is 0 Å². The van der Waals surface area contributed by atoms with Crippen LogP contribution in [0.4, 0.5) is 0 Å². The molecule has 2 atom stereocenters. The lowest BCUT2D eigenvalue weighted by Crippen LogP contribution is -2.45. The van der Waals surface area contributed by atoms with Gasteiger partial charge < -0.3 is 20.1 Å². The van der Waals surface area contributed by atoms with E-state index in [1.807, 2.05) is 38.1 Å². The summed E-state index contributed by atoms with van der Waals surface area (Å²) in [4.78, 5) is 14.1. The number of carbonyl (C=O) groups is 1. The number of aryl methyl sites for hydroxylation is 1. The van der Waals surface area contributed by atoms with Crippen LogP contribution < -0.4 is 5.32 Å². The maximum Gasteiger partial charge on any atom is 0.224 e. The molecule has 0 radical (unpaired) electrons. The number of aliphatic hydroxyl groups is 1. The van der Waals surface area contributed by atoms with E-state index in [-0.39, 0.29) is 11.9 Å². The van der Waals surface area contributed by atoms with E-state index in [1.54, 1.807) is 4.90 Å². The Morgan fingerprint density at radius 3 is 2.77 bits per heavy atom. The quantitative estimate of drug-likeness (QED) is 0.830. The number of hydrogen-bond donors (Lipinski definition) is 2. The van der Waals surface area contributed by atoms with Crippen LogP contribution in [0, 0.1) is 6.92 Å². The molecule has 1 saturated heterocycles. The molecule has 0 spiro atoms. The van der Waals surface area contributed by atoms with Crippen molar-refractivity contribution in [3.8, 4) is 0 Å². The predicted molar refractivity (Wildman–Crippen MR) is 85.6 cm³/mol. The Labute approximate surface area is 132 Å². The highest BCUT2D eigenvalue weighted by molar-refractivity contribution is 5.76. The molecule has 2 N–H and O–H groups in total. The summed E-state index contributed by atoms with van der Waals surface area (Å²) in [5.74, 6) is 0.0525. The van der Waals surface area contributed by atoms with E-state index in [0.717, 1.165) is 17.7 Å². The van der Waals surface area contributed by atoms with Crippen molar-refractivity contribution in [1.29, 1.82) is 0 Å². The van der Waals surface area contributed by atoms with Gasteiger partial charge in [-0.3, -0.25) is 4.79 Å². The number of ether oxygens (including phenoxy) is 1. The summed E-state index contributed by atoms with van der Waals surface area (Å²) in [5.41, 5.74) is 2.00. The summed E-state index contributed by atoms with van der Waals surface area (Å²) in [6.45, 7) is 6.93. The molecule has 1 fully saturated rings. The summed E-state index contributed by atoms with van der Waals surface area (Å²) < 4.78 is 5.38. The van der Waals surface area contributed by atoms with Gasteiger partial charge in [0, 0.05) is 25.6 Å². The number of hydrogen-bond acceptors (Lipinski definition) is 4. The Bertz CT molecular complexity index is 469. The third-order valence-corrected chi connectivity index (χ3v) is 4.01. The zero-order chi connectivity index (χ0) is 15.9. The van der Waals surface area contributed by atoms with Crippen molar-refractivity contribution in [3.63, 3.8) is 0 Å². The van der Waals surface area contributed by atoms with Crippen LogP contribution >= 0.6 is 0 Å². The Balaban J connectivity index is 1.89. The van der Waals surface area contributed by atoms with Crippen LogP contribution in [0.3, 0.4) is 0 Å². The maximum atomic E-state index is 12.4. The third-order valence-electron chi connectivity index (χ3n) is 4.01. The van der Waals surface area contributed by atoms with Crippen molar-refractivity contribution in [3.05, 3.63) is 35.4 Å².